The zero-order chi connectivity index (χ0) is 83.4. The number of carboxylic acids is 1. The van der Waals surface area contributed by atoms with E-state index >= 15 is 0 Å². The molecule has 0 aliphatic heterocycles. The lowest BCUT2D eigenvalue weighted by molar-refractivity contribution is -0.143. The number of hydrogen-bond acceptors (Lipinski definition) is 23. The molecule has 0 heterocycles. The molecule has 1 aliphatic rings. The minimum Gasteiger partial charge on any atom is -0.481 e. The third-order valence-electron chi connectivity index (χ3n) is 18.0. The number of amides is 13. The van der Waals surface area contributed by atoms with Crippen LogP contribution in [0.2, 0.25) is 0 Å². The van der Waals surface area contributed by atoms with Crippen molar-refractivity contribution in [2.75, 3.05) is 57.4 Å². The molecule has 0 spiro atoms. The molecule has 111 heavy (non-hydrogen) atoms. The van der Waals surface area contributed by atoms with Crippen LogP contribution in [0, 0.1) is 11.8 Å². The Hall–Kier alpha value is -10.1. The van der Waals surface area contributed by atoms with Gasteiger partial charge in [-0.05, 0) is 75.7 Å². The predicted molar refractivity (Wildman–Crippen MR) is 415 cm³/mol. The smallest absolute Gasteiger partial charge is 0.305 e. The van der Waals surface area contributed by atoms with Gasteiger partial charge in [-0.15, -0.1) is 0 Å². The van der Waals surface area contributed by atoms with Gasteiger partial charge >= 0.3 is 5.97 Å². The fraction of sp³-hybridized carbons (Fsp3) is 0.647. The zero-order valence-electron chi connectivity index (χ0n) is 63.3. The highest BCUT2D eigenvalue weighted by Crippen LogP contribution is 2.26. The van der Waals surface area contributed by atoms with Gasteiger partial charge in [-0.1, -0.05) is 90.1 Å². The van der Waals surface area contributed by atoms with Crippen molar-refractivity contribution < 1.29 is 87.2 Å². The molecular formula is C68H115N23O18S2. The Morgan fingerprint density at radius 2 is 0.928 bits per heavy atom. The number of carbonyl (C=O) groups is 15. The van der Waals surface area contributed by atoms with Gasteiger partial charge in [-0.2, -0.15) is 25.3 Å². The number of nitrogens with two attached hydrogens (primary N) is 7. The minimum absolute atomic E-state index is 0.000164. The lowest BCUT2D eigenvalue weighted by Gasteiger charge is -2.39. The number of guanidine groups is 3. The molecule has 622 valence electrons. The lowest BCUT2D eigenvalue weighted by Crippen LogP contribution is -2.62. The van der Waals surface area contributed by atoms with Crippen molar-refractivity contribution in [2.45, 2.75) is 209 Å². The first-order valence-electron chi connectivity index (χ1n) is 36.6. The van der Waals surface area contributed by atoms with Gasteiger partial charge in [0.1, 0.15) is 72.7 Å². The van der Waals surface area contributed by atoms with Gasteiger partial charge in [0.15, 0.2) is 17.9 Å². The summed E-state index contributed by atoms with van der Waals surface area (Å²) in [5, 5.41) is 58.5. The molecule has 1 aromatic carbocycles. The Kier molecular flexibility index (Phi) is 45.5. The monoisotopic (exact) mass is 1610 g/mol. The maximum atomic E-state index is 14.5. The van der Waals surface area contributed by atoms with Gasteiger partial charge in [0.25, 0.3) is 0 Å². The van der Waals surface area contributed by atoms with Gasteiger partial charge in [0.2, 0.25) is 76.8 Å². The largest absolute Gasteiger partial charge is 0.481 e. The molecule has 1 saturated carbocycles. The van der Waals surface area contributed by atoms with Gasteiger partial charge in [0.05, 0.1) is 38.8 Å². The standard InChI is InChI=1S/C68H115N23O18S2/c1-6-36(3)53(89-57(101)43(22-15-25-77-67(72)73)82-51(96)30-79-50(95)29-80-56(100)45(27-39-17-10-8-11-18-39)84-62(106)49(35-111)87-60(104)47(33-94)86-55(99)42(69)32-93)63(107)85-46(28-52(97)98)59(103)83-44(23-16-26-78-68(74)75)58(102)90-54(37(4)7-2)64(108)88-48(34-110)61(105)81-38(5)65(109)91(40-19-12-9-13-20-40)41(31-92)21-14-24-76-66(70)71/h8,10-11,17-18,31,36-38,40-49,53-54,93-94,110-111H,6-7,9,12-16,19-30,32-35,69H2,1-5H3,(H,79,95)(H,80,100)(H,81,105)(H,82,96)(H,83,103)(H,84,106)(H,85,107)(H,86,99)(H,87,104)(H,88,108)(H,89,101)(H,90,102)(H,97,98)(H4,70,71,76)(H4,72,73,77)(H4,74,75,78)/t36-,37-,38-,41-,42-,43-,44-,45-,46-,47-,48-,49-,53-,54-/m0/s1. The maximum Gasteiger partial charge on any atom is 0.305 e. The molecule has 1 aliphatic carbocycles. The van der Waals surface area contributed by atoms with Crippen LogP contribution in [-0.2, 0) is 78.3 Å². The Morgan fingerprint density at radius 1 is 0.505 bits per heavy atom. The number of aliphatic hydroxyl groups is 2. The highest BCUT2D eigenvalue weighted by Gasteiger charge is 2.40. The van der Waals surface area contributed by atoms with E-state index in [9.17, 15) is 87.2 Å². The number of aliphatic carboxylic acids is 1. The molecule has 43 heteroatoms. The van der Waals surface area contributed by atoms with Crippen molar-refractivity contribution in [3.8, 4) is 0 Å². The molecule has 2 rings (SSSR count). The Balaban J connectivity index is 2.39. The van der Waals surface area contributed by atoms with Crippen LogP contribution in [-0.4, -0.2) is 263 Å². The molecule has 1 aromatic rings. The number of carboxylic acid groups (broad SMARTS) is 1. The molecule has 41 nitrogen and oxygen atoms in total. The number of nitrogens with one attached hydrogen (secondary N) is 12. The van der Waals surface area contributed by atoms with Gasteiger partial charge < -0.3 is 129 Å². The van der Waals surface area contributed by atoms with Crippen LogP contribution in [0.15, 0.2) is 45.3 Å². The number of nitrogens with zero attached hydrogens (tertiary/aromatic N) is 4. The van der Waals surface area contributed by atoms with E-state index in [4.69, 9.17) is 40.1 Å². The van der Waals surface area contributed by atoms with E-state index in [1.54, 1.807) is 58.0 Å². The normalized spacial score (nSPS) is 15.7. The Bertz CT molecular complexity index is 3350. The van der Waals surface area contributed by atoms with Crippen molar-refractivity contribution in [3.63, 3.8) is 0 Å². The Labute approximate surface area is 655 Å². The molecule has 1 fully saturated rings. The summed E-state index contributed by atoms with van der Waals surface area (Å²) in [4.78, 5) is 218. The summed E-state index contributed by atoms with van der Waals surface area (Å²) in [6.45, 7) is 4.73. The molecule has 13 amide bonds. The molecule has 0 bridgehead atoms. The van der Waals surface area contributed by atoms with E-state index < -0.39 is 200 Å². The number of benzene rings is 1. The summed E-state index contributed by atoms with van der Waals surface area (Å²) < 4.78 is 0. The van der Waals surface area contributed by atoms with E-state index in [1.165, 1.54) is 11.8 Å². The zero-order valence-corrected chi connectivity index (χ0v) is 65.1. The third-order valence-corrected chi connectivity index (χ3v) is 18.7. The van der Waals surface area contributed by atoms with Gasteiger partial charge in [-0.25, -0.2) is 0 Å². The number of thiol groups is 2. The van der Waals surface area contributed by atoms with E-state index in [0.29, 0.717) is 31.1 Å². The maximum absolute atomic E-state index is 14.5. The van der Waals surface area contributed by atoms with Crippen LogP contribution in [0.4, 0.5) is 0 Å². The number of hydrogen-bond donors (Lipinski definition) is 24. The summed E-state index contributed by atoms with van der Waals surface area (Å²) in [7, 11) is 0. The lowest BCUT2D eigenvalue weighted by atomic mass is 9.92. The SMILES string of the molecule is CC[C@H](C)[C@H](NC(=O)[C@H](CCCN=C(N)N)NC(=O)[C@H](CC(=O)O)NC(=O)[C@@H](NC(=O)[C@H](CCCN=C(N)N)NC(=O)CNC(=O)CNC(=O)[C@H](Cc1ccccc1)NC(=O)[C@H](CS)NC(=O)[C@H](CO)NC(=O)[C@@H](N)CO)[C@@H](C)CC)C(=O)N[C@@H](CS)C(=O)N[C@@H](C)C(=O)N(C1CCCCC1)[C@H](C=O)CCCN=C(N)N. The van der Waals surface area contributed by atoms with Crippen molar-refractivity contribution in [1.82, 2.24) is 68.7 Å². The molecule has 14 atom stereocenters. The minimum atomic E-state index is -1.96. The summed E-state index contributed by atoms with van der Waals surface area (Å²) in [6.07, 6.45) is 3.90. The van der Waals surface area contributed by atoms with Crippen molar-refractivity contribution >= 4 is 132 Å². The Morgan fingerprint density at radius 3 is 1.40 bits per heavy atom. The van der Waals surface area contributed by atoms with Crippen LogP contribution in [0.5, 0.6) is 0 Å². The molecule has 0 aromatic heterocycles. The highest BCUT2D eigenvalue weighted by atomic mass is 32.1. The van der Waals surface area contributed by atoms with E-state index in [-0.39, 0.29) is 106 Å². The van der Waals surface area contributed by atoms with Crippen molar-refractivity contribution in [1.29, 1.82) is 0 Å². The number of aliphatic hydroxyl groups excluding tert-OH is 2. The van der Waals surface area contributed by atoms with Gasteiger partial charge in [-0.3, -0.25) is 82.1 Å². The van der Waals surface area contributed by atoms with Crippen LogP contribution in [0.3, 0.4) is 0 Å². The second-order valence-electron chi connectivity index (χ2n) is 26.7. The summed E-state index contributed by atoms with van der Waals surface area (Å²) in [5.41, 5.74) is 39.1. The fourth-order valence-electron chi connectivity index (χ4n) is 11.3. The molecular weight excluding hydrogens is 1490 g/mol. The number of aliphatic imine (C=N–C) groups is 3. The van der Waals surface area contributed by atoms with Crippen LogP contribution < -0.4 is 104 Å². The quantitative estimate of drug-likeness (QED) is 0.00947. The van der Waals surface area contributed by atoms with E-state index in [1.807, 2.05) is 0 Å². The van der Waals surface area contributed by atoms with Crippen LogP contribution >= 0.6 is 25.3 Å². The first-order chi connectivity index (χ1) is 52.6. The molecule has 0 radical (unpaired) electrons. The summed E-state index contributed by atoms with van der Waals surface area (Å²) >= 11 is 8.46. The van der Waals surface area contributed by atoms with Crippen molar-refractivity contribution in [2.24, 2.45) is 66.9 Å². The number of rotatable bonds is 52. The van der Waals surface area contributed by atoms with E-state index in [2.05, 4.69) is 104 Å². The third kappa shape index (κ3) is 36.1. The number of carbonyl (C=O) groups excluding carboxylic acids is 14. The van der Waals surface area contributed by atoms with Crippen LogP contribution in [0.25, 0.3) is 0 Å². The summed E-state index contributed by atoms with van der Waals surface area (Å²) in [6, 6.07) is -9.44. The molecule has 0 saturated heterocycles. The average molecular weight is 1610 g/mol. The van der Waals surface area contributed by atoms with Crippen LogP contribution in [0.1, 0.15) is 130 Å². The topological polar surface area (TPSA) is 684 Å². The molecule has 0 unspecified atom stereocenters. The van der Waals surface area contributed by atoms with E-state index in [0.717, 1.165) is 19.3 Å². The highest BCUT2D eigenvalue weighted by molar-refractivity contribution is 7.80. The van der Waals surface area contributed by atoms with Crippen molar-refractivity contribution in [3.05, 3.63) is 35.9 Å². The summed E-state index contributed by atoms with van der Waals surface area (Å²) in [5.74, 6) is -16.8. The number of aldehydes is 1. The second kappa shape index (κ2) is 52.1. The molecule has 29 N–H and O–H groups in total. The first kappa shape index (κ1) is 96.9. The predicted octanol–water partition coefficient (Wildman–Crippen LogP) is -8.04. The first-order valence-corrected chi connectivity index (χ1v) is 37.8. The average Bonchev–Trinajstić information content (AvgIpc) is 0.833. The van der Waals surface area contributed by atoms with Gasteiger partial charge in [0, 0.05) is 43.6 Å². The second-order valence-corrected chi connectivity index (χ2v) is 27.4. The fourth-order valence-corrected chi connectivity index (χ4v) is 11.8.